The monoisotopic (exact) mass is 273 g/mol. The van der Waals surface area contributed by atoms with Crippen LogP contribution in [0.15, 0.2) is 35.6 Å². The standard InChI is InChI=1S/C13H15N5O2/c1-8-11(7-18(2)16-8)13(19)15-10-5-3-4-9(6-10)12(14)17-20/h3-7,20H,1-2H3,(H2,14,17)(H,15,19). The number of hydrogen-bond acceptors (Lipinski definition) is 4. The second-order valence-electron chi connectivity index (χ2n) is 4.32. The first-order valence-corrected chi connectivity index (χ1v) is 5.91. The largest absolute Gasteiger partial charge is 0.409 e. The highest BCUT2D eigenvalue weighted by atomic mass is 16.4. The molecule has 0 aliphatic rings. The second kappa shape index (κ2) is 5.43. The van der Waals surface area contributed by atoms with E-state index in [0.29, 0.717) is 22.5 Å². The van der Waals surface area contributed by atoms with Crippen molar-refractivity contribution in [1.82, 2.24) is 9.78 Å². The van der Waals surface area contributed by atoms with Crippen LogP contribution < -0.4 is 11.1 Å². The van der Waals surface area contributed by atoms with E-state index in [4.69, 9.17) is 10.9 Å². The van der Waals surface area contributed by atoms with Gasteiger partial charge in [0.15, 0.2) is 5.84 Å². The van der Waals surface area contributed by atoms with Gasteiger partial charge in [-0.15, -0.1) is 0 Å². The molecular formula is C13H15N5O2. The predicted molar refractivity (Wildman–Crippen MR) is 74.9 cm³/mol. The van der Waals surface area contributed by atoms with Crippen LogP contribution in [0.1, 0.15) is 21.6 Å². The number of nitrogens with one attached hydrogen (secondary N) is 1. The zero-order valence-corrected chi connectivity index (χ0v) is 11.2. The highest BCUT2D eigenvalue weighted by Crippen LogP contribution is 2.13. The molecule has 0 saturated heterocycles. The number of hydrogen-bond donors (Lipinski definition) is 3. The maximum atomic E-state index is 12.1. The molecule has 1 amide bonds. The number of rotatable bonds is 3. The molecule has 0 aliphatic heterocycles. The van der Waals surface area contributed by atoms with Gasteiger partial charge in [-0.2, -0.15) is 5.10 Å². The Morgan fingerprint density at radius 1 is 1.50 bits per heavy atom. The lowest BCUT2D eigenvalue weighted by Gasteiger charge is -2.06. The molecule has 4 N–H and O–H groups in total. The van der Waals surface area contributed by atoms with Crippen LogP contribution in [0.3, 0.4) is 0 Å². The van der Waals surface area contributed by atoms with Crippen molar-refractivity contribution in [2.75, 3.05) is 5.32 Å². The Hall–Kier alpha value is -2.83. The molecule has 1 aromatic carbocycles. The molecule has 104 valence electrons. The van der Waals surface area contributed by atoms with E-state index in [-0.39, 0.29) is 11.7 Å². The smallest absolute Gasteiger partial charge is 0.259 e. The number of amidine groups is 1. The Balaban J connectivity index is 2.22. The fraction of sp³-hybridized carbons (Fsp3) is 0.154. The van der Waals surface area contributed by atoms with E-state index in [0.717, 1.165) is 0 Å². The van der Waals surface area contributed by atoms with Gasteiger partial charge in [0.2, 0.25) is 0 Å². The minimum Gasteiger partial charge on any atom is -0.409 e. The molecule has 0 spiro atoms. The number of carbonyl (C=O) groups excluding carboxylic acids is 1. The van der Waals surface area contributed by atoms with Crippen molar-refractivity contribution in [3.63, 3.8) is 0 Å². The van der Waals surface area contributed by atoms with Crippen LogP contribution in [-0.2, 0) is 7.05 Å². The number of nitrogens with zero attached hydrogens (tertiary/aromatic N) is 3. The van der Waals surface area contributed by atoms with E-state index in [1.165, 1.54) is 0 Å². The number of carbonyl (C=O) groups is 1. The van der Waals surface area contributed by atoms with E-state index in [1.807, 2.05) is 0 Å². The number of anilines is 1. The number of nitrogens with two attached hydrogens (primary N) is 1. The fourth-order valence-electron chi connectivity index (χ4n) is 1.83. The van der Waals surface area contributed by atoms with E-state index in [1.54, 1.807) is 49.1 Å². The molecule has 7 heteroatoms. The fourth-order valence-corrected chi connectivity index (χ4v) is 1.83. The van der Waals surface area contributed by atoms with Gasteiger partial charge in [0, 0.05) is 24.5 Å². The predicted octanol–water partition coefficient (Wildman–Crippen LogP) is 1.08. The minimum atomic E-state index is -0.257. The maximum Gasteiger partial charge on any atom is 0.259 e. The Labute approximate surface area is 115 Å². The molecular weight excluding hydrogens is 258 g/mol. The van der Waals surface area contributed by atoms with E-state index in [9.17, 15) is 4.79 Å². The molecule has 0 unspecified atom stereocenters. The Kier molecular flexibility index (Phi) is 3.69. The molecule has 0 saturated carbocycles. The molecule has 1 aromatic heterocycles. The third-order valence-corrected chi connectivity index (χ3v) is 2.78. The summed E-state index contributed by atoms with van der Waals surface area (Å²) in [7, 11) is 1.75. The number of amides is 1. The average Bonchev–Trinajstić information content (AvgIpc) is 2.77. The molecule has 1 heterocycles. The molecule has 2 aromatic rings. The average molecular weight is 273 g/mol. The topological polar surface area (TPSA) is 106 Å². The van der Waals surface area contributed by atoms with Gasteiger partial charge in [0.1, 0.15) is 0 Å². The zero-order chi connectivity index (χ0) is 14.7. The summed E-state index contributed by atoms with van der Waals surface area (Å²) in [5.41, 5.74) is 7.74. The van der Waals surface area contributed by atoms with Crippen LogP contribution in [0.25, 0.3) is 0 Å². The molecule has 2 rings (SSSR count). The van der Waals surface area contributed by atoms with Crippen molar-refractivity contribution >= 4 is 17.4 Å². The molecule has 0 bridgehead atoms. The summed E-state index contributed by atoms with van der Waals surface area (Å²) in [6.07, 6.45) is 1.65. The van der Waals surface area contributed by atoms with E-state index >= 15 is 0 Å². The van der Waals surface area contributed by atoms with Crippen molar-refractivity contribution in [2.45, 2.75) is 6.92 Å². The molecule has 7 nitrogen and oxygen atoms in total. The summed E-state index contributed by atoms with van der Waals surface area (Å²) < 4.78 is 1.58. The summed E-state index contributed by atoms with van der Waals surface area (Å²) in [6, 6.07) is 6.73. The first-order chi connectivity index (χ1) is 9.51. The molecule has 0 radical (unpaired) electrons. The van der Waals surface area contributed by atoms with Crippen LogP contribution in [0.2, 0.25) is 0 Å². The van der Waals surface area contributed by atoms with Crippen molar-refractivity contribution < 1.29 is 10.0 Å². The summed E-state index contributed by atoms with van der Waals surface area (Å²) in [6.45, 7) is 1.77. The Morgan fingerprint density at radius 2 is 2.25 bits per heavy atom. The quantitative estimate of drug-likeness (QED) is 0.336. The van der Waals surface area contributed by atoms with Gasteiger partial charge in [-0.25, -0.2) is 0 Å². The van der Waals surface area contributed by atoms with Gasteiger partial charge in [0.25, 0.3) is 5.91 Å². The van der Waals surface area contributed by atoms with Gasteiger partial charge in [-0.1, -0.05) is 17.3 Å². The van der Waals surface area contributed by atoms with Crippen molar-refractivity contribution in [2.24, 2.45) is 17.9 Å². The highest BCUT2D eigenvalue weighted by molar-refractivity contribution is 6.05. The summed E-state index contributed by atoms with van der Waals surface area (Å²) in [4.78, 5) is 12.1. The normalized spacial score (nSPS) is 11.4. The molecule has 0 aliphatic carbocycles. The van der Waals surface area contributed by atoms with Crippen LogP contribution in [0, 0.1) is 6.92 Å². The van der Waals surface area contributed by atoms with Gasteiger partial charge in [-0.05, 0) is 19.1 Å². The summed E-state index contributed by atoms with van der Waals surface area (Å²) in [5, 5.41) is 18.4. The highest BCUT2D eigenvalue weighted by Gasteiger charge is 2.13. The lowest BCUT2D eigenvalue weighted by Crippen LogP contribution is -2.15. The second-order valence-corrected chi connectivity index (χ2v) is 4.32. The summed E-state index contributed by atoms with van der Waals surface area (Å²) >= 11 is 0. The lowest BCUT2D eigenvalue weighted by molar-refractivity contribution is 0.102. The third kappa shape index (κ3) is 2.77. The van der Waals surface area contributed by atoms with Crippen molar-refractivity contribution in [1.29, 1.82) is 0 Å². The van der Waals surface area contributed by atoms with Gasteiger partial charge in [-0.3, -0.25) is 9.48 Å². The zero-order valence-electron chi connectivity index (χ0n) is 11.2. The Bertz CT molecular complexity index is 675. The maximum absolute atomic E-state index is 12.1. The first-order valence-electron chi connectivity index (χ1n) is 5.91. The van der Waals surface area contributed by atoms with Crippen LogP contribution in [0.4, 0.5) is 5.69 Å². The van der Waals surface area contributed by atoms with Gasteiger partial charge >= 0.3 is 0 Å². The first kappa shape index (κ1) is 13.6. The van der Waals surface area contributed by atoms with Crippen molar-refractivity contribution in [3.8, 4) is 0 Å². The number of aromatic nitrogens is 2. The molecule has 20 heavy (non-hydrogen) atoms. The van der Waals surface area contributed by atoms with E-state index in [2.05, 4.69) is 15.6 Å². The molecule has 0 atom stereocenters. The number of aryl methyl sites for hydroxylation is 2. The molecule has 0 fully saturated rings. The van der Waals surface area contributed by atoms with Gasteiger partial charge < -0.3 is 16.3 Å². The minimum absolute atomic E-state index is 0.0151. The van der Waals surface area contributed by atoms with Gasteiger partial charge in [0.05, 0.1) is 11.3 Å². The third-order valence-electron chi connectivity index (χ3n) is 2.78. The number of oxime groups is 1. The number of benzene rings is 1. The van der Waals surface area contributed by atoms with Crippen molar-refractivity contribution in [3.05, 3.63) is 47.3 Å². The SMILES string of the molecule is Cc1nn(C)cc1C(=O)Nc1cccc(/C(N)=N/O)c1. The van der Waals surface area contributed by atoms with Crippen LogP contribution in [0.5, 0.6) is 0 Å². The van der Waals surface area contributed by atoms with Crippen LogP contribution in [-0.4, -0.2) is 26.7 Å². The summed E-state index contributed by atoms with van der Waals surface area (Å²) in [5.74, 6) is -0.272. The Morgan fingerprint density at radius 3 is 2.85 bits per heavy atom. The van der Waals surface area contributed by atoms with E-state index < -0.39 is 0 Å². The van der Waals surface area contributed by atoms with Crippen LogP contribution >= 0.6 is 0 Å². The lowest BCUT2D eigenvalue weighted by atomic mass is 10.1.